The number of ketones is 1. The number of fused-ring (bicyclic) bond motifs is 1. The molecule has 0 radical (unpaired) electrons. The van der Waals surface area contributed by atoms with Gasteiger partial charge in [0.05, 0.1) is 21.8 Å². The molecule has 1 aromatic heterocycles. The monoisotopic (exact) mass is 490 g/mol. The second-order valence-corrected chi connectivity index (χ2v) is 9.64. The van der Waals surface area contributed by atoms with Crippen molar-refractivity contribution in [3.8, 4) is 5.75 Å². The first-order valence-electron chi connectivity index (χ1n) is 10.5. The molecule has 170 valence electrons. The van der Waals surface area contributed by atoms with Crippen LogP contribution in [0.15, 0.2) is 66.2 Å². The lowest BCUT2D eigenvalue weighted by Crippen LogP contribution is -2.29. The molecular formula is C26H19ClN2O4S. The summed E-state index contributed by atoms with van der Waals surface area (Å²) in [6.45, 7) is 3.94. The molecule has 1 unspecified atom stereocenters. The standard InChI is InChI=1S/C26H19ClN2O4S/c1-13-11-14(2)21-19(12-13)34-26(28-21)29-22(15-5-9-18(30)10-6-15)20(24(32)25(29)33)23(31)16-3-7-17(27)8-4-16/h3-12,22,30-31H,1-2H3/b23-20+. The SMILES string of the molecule is Cc1cc(C)c2nc(N3C(=O)C(=O)/C(=C(/O)c4ccc(Cl)cc4)C3c3ccc(O)cc3)sc2c1. The Morgan fingerprint density at radius 1 is 1.03 bits per heavy atom. The van der Waals surface area contributed by atoms with Crippen LogP contribution in [0.3, 0.4) is 0 Å². The van der Waals surface area contributed by atoms with Gasteiger partial charge in [-0.3, -0.25) is 14.5 Å². The minimum atomic E-state index is -0.918. The van der Waals surface area contributed by atoms with Gasteiger partial charge in [-0.15, -0.1) is 0 Å². The number of thiazole rings is 1. The molecule has 0 saturated carbocycles. The molecular weight excluding hydrogens is 472 g/mol. The average Bonchev–Trinajstić information content (AvgIpc) is 3.33. The third-order valence-corrected chi connectivity index (χ3v) is 7.05. The van der Waals surface area contributed by atoms with Crippen LogP contribution < -0.4 is 4.90 Å². The first kappa shape index (κ1) is 22.1. The maximum Gasteiger partial charge on any atom is 0.301 e. The smallest absolute Gasteiger partial charge is 0.301 e. The fourth-order valence-electron chi connectivity index (χ4n) is 4.23. The number of aromatic nitrogens is 1. The first-order valence-corrected chi connectivity index (χ1v) is 11.7. The van der Waals surface area contributed by atoms with Crippen molar-refractivity contribution in [2.24, 2.45) is 0 Å². The molecule has 1 aliphatic rings. The minimum absolute atomic E-state index is 0.0458. The number of hydrogen-bond donors (Lipinski definition) is 2. The van der Waals surface area contributed by atoms with E-state index in [1.807, 2.05) is 26.0 Å². The van der Waals surface area contributed by atoms with Gasteiger partial charge in [0, 0.05) is 10.6 Å². The van der Waals surface area contributed by atoms with E-state index in [1.54, 1.807) is 36.4 Å². The van der Waals surface area contributed by atoms with E-state index in [2.05, 4.69) is 0 Å². The van der Waals surface area contributed by atoms with E-state index in [0.29, 0.717) is 21.3 Å². The normalized spacial score (nSPS) is 17.6. The Morgan fingerprint density at radius 3 is 2.38 bits per heavy atom. The molecule has 1 fully saturated rings. The van der Waals surface area contributed by atoms with E-state index in [-0.39, 0.29) is 17.1 Å². The largest absolute Gasteiger partial charge is 0.508 e. The number of rotatable bonds is 3. The number of nitrogens with zero attached hydrogens (tertiary/aromatic N) is 2. The lowest BCUT2D eigenvalue weighted by molar-refractivity contribution is -0.132. The minimum Gasteiger partial charge on any atom is -0.508 e. The maximum atomic E-state index is 13.3. The second kappa shape index (κ2) is 8.27. The zero-order valence-corrected chi connectivity index (χ0v) is 19.8. The number of phenolic OH excluding ortho intramolecular Hbond substituents is 1. The zero-order chi connectivity index (χ0) is 24.1. The third-order valence-electron chi connectivity index (χ3n) is 5.80. The lowest BCUT2D eigenvalue weighted by Gasteiger charge is -2.23. The number of aromatic hydroxyl groups is 1. The number of amides is 1. The zero-order valence-electron chi connectivity index (χ0n) is 18.2. The predicted octanol–water partition coefficient (Wildman–Crippen LogP) is 5.90. The first-order chi connectivity index (χ1) is 16.2. The fourth-order valence-corrected chi connectivity index (χ4v) is 5.52. The maximum absolute atomic E-state index is 13.3. The number of phenols is 1. The van der Waals surface area contributed by atoms with Crippen molar-refractivity contribution >= 4 is 55.7 Å². The van der Waals surface area contributed by atoms with E-state index in [9.17, 15) is 19.8 Å². The average molecular weight is 491 g/mol. The molecule has 0 bridgehead atoms. The van der Waals surface area contributed by atoms with Gasteiger partial charge in [-0.2, -0.15) is 0 Å². The number of hydrogen-bond acceptors (Lipinski definition) is 6. The van der Waals surface area contributed by atoms with Crippen LogP contribution in [0.4, 0.5) is 5.13 Å². The number of Topliss-reactive ketones (excluding diaryl/α,β-unsaturated/α-hetero) is 1. The summed E-state index contributed by atoms with van der Waals surface area (Å²) in [5.41, 5.74) is 3.66. The molecule has 1 saturated heterocycles. The summed E-state index contributed by atoms with van der Waals surface area (Å²) in [4.78, 5) is 32.6. The molecule has 1 atom stereocenters. The number of anilines is 1. The van der Waals surface area contributed by atoms with Gasteiger partial charge in [0.2, 0.25) is 0 Å². The summed E-state index contributed by atoms with van der Waals surface area (Å²) in [5, 5.41) is 21.8. The van der Waals surface area contributed by atoms with Crippen LogP contribution in [0.25, 0.3) is 16.0 Å². The van der Waals surface area contributed by atoms with E-state index < -0.39 is 17.7 Å². The van der Waals surface area contributed by atoms with Gasteiger partial charge in [0.15, 0.2) is 5.13 Å². The highest BCUT2D eigenvalue weighted by Crippen LogP contribution is 2.45. The summed E-state index contributed by atoms with van der Waals surface area (Å²) in [5.74, 6) is -1.84. The molecule has 1 aliphatic heterocycles. The Kier molecular flexibility index (Phi) is 5.38. The van der Waals surface area contributed by atoms with Gasteiger partial charge < -0.3 is 10.2 Å². The van der Waals surface area contributed by atoms with Crippen molar-refractivity contribution in [1.29, 1.82) is 0 Å². The molecule has 0 spiro atoms. The Balaban J connectivity index is 1.74. The summed E-state index contributed by atoms with van der Waals surface area (Å²) in [6, 6.07) is 15.6. The molecule has 4 aromatic rings. The highest BCUT2D eigenvalue weighted by molar-refractivity contribution is 7.22. The van der Waals surface area contributed by atoms with E-state index in [0.717, 1.165) is 21.3 Å². The van der Waals surface area contributed by atoms with Gasteiger partial charge in [-0.05, 0) is 73.0 Å². The van der Waals surface area contributed by atoms with Crippen molar-refractivity contribution in [2.45, 2.75) is 19.9 Å². The Labute approximate surface area is 204 Å². The van der Waals surface area contributed by atoms with Crippen LogP contribution in [0.1, 0.15) is 28.3 Å². The van der Waals surface area contributed by atoms with Crippen LogP contribution in [0, 0.1) is 13.8 Å². The molecule has 34 heavy (non-hydrogen) atoms. The Hall–Kier alpha value is -3.68. The highest BCUT2D eigenvalue weighted by atomic mass is 35.5. The van der Waals surface area contributed by atoms with E-state index >= 15 is 0 Å². The number of carbonyl (C=O) groups excluding carboxylic acids is 2. The van der Waals surface area contributed by atoms with Gasteiger partial charge in [-0.25, -0.2) is 4.98 Å². The van der Waals surface area contributed by atoms with Crippen LogP contribution >= 0.6 is 22.9 Å². The molecule has 5 rings (SSSR count). The van der Waals surface area contributed by atoms with Crippen LogP contribution in [0.5, 0.6) is 5.75 Å². The van der Waals surface area contributed by atoms with Crippen molar-refractivity contribution in [1.82, 2.24) is 4.98 Å². The summed E-state index contributed by atoms with van der Waals surface area (Å²) in [6.07, 6.45) is 0. The van der Waals surface area contributed by atoms with Crippen molar-refractivity contribution < 1.29 is 19.8 Å². The van der Waals surface area contributed by atoms with Gasteiger partial charge >= 0.3 is 5.91 Å². The van der Waals surface area contributed by atoms with Gasteiger partial charge in [-0.1, -0.05) is 41.1 Å². The molecule has 1 amide bonds. The lowest BCUT2D eigenvalue weighted by atomic mass is 9.95. The third kappa shape index (κ3) is 3.63. The van der Waals surface area contributed by atoms with Crippen molar-refractivity contribution in [3.05, 3.63) is 93.5 Å². The highest BCUT2D eigenvalue weighted by Gasteiger charge is 2.48. The quantitative estimate of drug-likeness (QED) is 0.212. The number of aliphatic hydroxyl groups is 1. The molecule has 2 N–H and O–H groups in total. The molecule has 6 nitrogen and oxygen atoms in total. The number of halogens is 1. The van der Waals surface area contributed by atoms with Crippen LogP contribution in [-0.2, 0) is 9.59 Å². The van der Waals surface area contributed by atoms with E-state index in [1.165, 1.54) is 28.4 Å². The second-order valence-electron chi connectivity index (χ2n) is 8.19. The predicted molar refractivity (Wildman–Crippen MR) is 133 cm³/mol. The van der Waals surface area contributed by atoms with Gasteiger partial charge in [0.25, 0.3) is 5.78 Å². The van der Waals surface area contributed by atoms with Crippen LogP contribution in [-0.4, -0.2) is 26.9 Å². The molecule has 2 heterocycles. The topological polar surface area (TPSA) is 90.7 Å². The summed E-state index contributed by atoms with van der Waals surface area (Å²) in [7, 11) is 0. The number of benzene rings is 3. The number of aliphatic hydroxyl groups excluding tert-OH is 1. The van der Waals surface area contributed by atoms with Crippen molar-refractivity contribution in [2.75, 3.05) is 4.90 Å². The molecule has 3 aromatic carbocycles. The van der Waals surface area contributed by atoms with Gasteiger partial charge in [0.1, 0.15) is 11.5 Å². The summed E-state index contributed by atoms with van der Waals surface area (Å²) < 4.78 is 0.900. The Bertz CT molecular complexity index is 1490. The molecule has 8 heteroatoms. The van der Waals surface area contributed by atoms with E-state index in [4.69, 9.17) is 16.6 Å². The number of carbonyl (C=O) groups is 2. The Morgan fingerprint density at radius 2 is 1.71 bits per heavy atom. The molecule has 0 aliphatic carbocycles. The van der Waals surface area contributed by atoms with Crippen molar-refractivity contribution in [3.63, 3.8) is 0 Å². The number of aryl methyl sites for hydroxylation is 2. The summed E-state index contributed by atoms with van der Waals surface area (Å²) >= 11 is 7.29. The van der Waals surface area contributed by atoms with Crippen LogP contribution in [0.2, 0.25) is 5.02 Å². The fraction of sp³-hybridized carbons (Fsp3) is 0.115.